The Morgan fingerprint density at radius 2 is 1.62 bits per heavy atom. The van der Waals surface area contributed by atoms with E-state index in [1.807, 2.05) is 0 Å². The van der Waals surface area contributed by atoms with Crippen molar-refractivity contribution in [3.05, 3.63) is 90.0 Å². The molecular formula is C25H22N2O6S. The molecule has 0 spiro atoms. The quantitative estimate of drug-likeness (QED) is 0.444. The molecule has 0 aliphatic rings. The van der Waals surface area contributed by atoms with E-state index in [9.17, 15) is 23.1 Å². The van der Waals surface area contributed by atoms with Gasteiger partial charge in [-0.2, -0.15) is 0 Å². The van der Waals surface area contributed by atoms with Gasteiger partial charge in [-0.25, -0.2) is 13.2 Å². The first kappa shape index (κ1) is 24.5. The fourth-order valence-electron chi connectivity index (χ4n) is 3.02. The summed E-state index contributed by atoms with van der Waals surface area (Å²) in [6.07, 6.45) is -0.666. The van der Waals surface area contributed by atoms with Crippen molar-refractivity contribution < 1.29 is 27.9 Å². The molecule has 0 saturated heterocycles. The Kier molecular flexibility index (Phi) is 7.36. The highest BCUT2D eigenvalue weighted by molar-refractivity contribution is 7.93. The summed E-state index contributed by atoms with van der Waals surface area (Å²) in [5.41, 5.74) is 6.67. The normalized spacial score (nSPS) is 12.5. The maximum Gasteiger partial charge on any atom is 0.340 e. The van der Waals surface area contributed by atoms with Crippen LogP contribution in [0.3, 0.4) is 0 Å². The van der Waals surface area contributed by atoms with Crippen LogP contribution < -0.4 is 15.8 Å². The van der Waals surface area contributed by atoms with E-state index in [2.05, 4.69) is 17.2 Å². The summed E-state index contributed by atoms with van der Waals surface area (Å²) >= 11 is 0. The van der Waals surface area contributed by atoms with E-state index >= 15 is 0 Å². The maximum absolute atomic E-state index is 13.4. The lowest BCUT2D eigenvalue weighted by Gasteiger charge is -2.24. The number of sulfone groups is 1. The number of rotatable bonds is 7. The van der Waals surface area contributed by atoms with E-state index in [-0.39, 0.29) is 11.3 Å². The third-order valence-electron chi connectivity index (χ3n) is 4.98. The zero-order chi connectivity index (χ0) is 24.8. The lowest BCUT2D eigenvalue weighted by atomic mass is 10.2. The zero-order valence-corrected chi connectivity index (χ0v) is 19.0. The van der Waals surface area contributed by atoms with Crippen molar-refractivity contribution >= 4 is 27.4 Å². The summed E-state index contributed by atoms with van der Waals surface area (Å²) in [5.74, 6) is 3.48. The van der Waals surface area contributed by atoms with Gasteiger partial charge in [0.2, 0.25) is 14.7 Å². The standard InChI is InChI=1S/C25H22N2O6S/c1-33-20-15-13-19(14-16-20)23(28)27-21-11-5-6-12-22(21)34(31,32)25(26,24(29)30)17-7-10-18-8-3-2-4-9-18/h2-6,8-9,11-16H,17,26H2,1H3,(H,27,28)(H,29,30). The van der Waals surface area contributed by atoms with E-state index in [1.165, 1.54) is 43.5 Å². The molecule has 0 fully saturated rings. The van der Waals surface area contributed by atoms with Crippen molar-refractivity contribution in [2.75, 3.05) is 12.4 Å². The van der Waals surface area contributed by atoms with Gasteiger partial charge in [-0.1, -0.05) is 42.2 Å². The molecular weight excluding hydrogens is 456 g/mol. The molecule has 1 unspecified atom stereocenters. The first-order valence-corrected chi connectivity index (χ1v) is 11.5. The van der Waals surface area contributed by atoms with Gasteiger partial charge in [0.15, 0.2) is 0 Å². The molecule has 9 heteroatoms. The molecule has 0 aliphatic heterocycles. The predicted octanol–water partition coefficient (Wildman–Crippen LogP) is 2.90. The number of para-hydroxylation sites is 1. The van der Waals surface area contributed by atoms with Crippen LogP contribution in [0.15, 0.2) is 83.8 Å². The Bertz CT molecular complexity index is 1360. The average Bonchev–Trinajstić information content (AvgIpc) is 2.84. The van der Waals surface area contributed by atoms with Gasteiger partial charge >= 0.3 is 5.97 Å². The highest BCUT2D eigenvalue weighted by Crippen LogP contribution is 2.31. The Labute approximate surface area is 197 Å². The molecule has 34 heavy (non-hydrogen) atoms. The summed E-state index contributed by atoms with van der Waals surface area (Å²) in [6.45, 7) is 0. The SMILES string of the molecule is COc1ccc(C(=O)Nc2ccccc2S(=O)(=O)C(N)(CC#Cc2ccccc2)C(=O)O)cc1. The van der Waals surface area contributed by atoms with Crippen LogP contribution in [0.2, 0.25) is 0 Å². The van der Waals surface area contributed by atoms with Crippen LogP contribution in [0.1, 0.15) is 22.3 Å². The topological polar surface area (TPSA) is 136 Å². The summed E-state index contributed by atoms with van der Waals surface area (Å²) in [4.78, 5) is 21.5. The van der Waals surface area contributed by atoms with E-state index in [1.54, 1.807) is 42.5 Å². The number of carboxylic acid groups (broad SMARTS) is 1. The smallest absolute Gasteiger partial charge is 0.340 e. The van der Waals surface area contributed by atoms with Gasteiger partial charge in [-0.15, -0.1) is 0 Å². The molecule has 8 nitrogen and oxygen atoms in total. The van der Waals surface area contributed by atoms with Gasteiger partial charge in [0.25, 0.3) is 5.91 Å². The monoisotopic (exact) mass is 478 g/mol. The molecule has 0 saturated carbocycles. The molecule has 0 radical (unpaired) electrons. The highest BCUT2D eigenvalue weighted by Gasteiger charge is 2.49. The van der Waals surface area contributed by atoms with Crippen molar-refractivity contribution in [3.8, 4) is 17.6 Å². The second kappa shape index (κ2) is 10.2. The molecule has 0 bridgehead atoms. The Hall–Kier alpha value is -4.13. The Morgan fingerprint density at radius 1 is 1.00 bits per heavy atom. The largest absolute Gasteiger partial charge is 0.497 e. The number of benzene rings is 3. The van der Waals surface area contributed by atoms with Crippen LogP contribution in [-0.2, 0) is 14.6 Å². The number of nitrogens with one attached hydrogen (secondary N) is 1. The predicted molar refractivity (Wildman–Crippen MR) is 127 cm³/mol. The van der Waals surface area contributed by atoms with Crippen LogP contribution >= 0.6 is 0 Å². The second-order valence-electron chi connectivity index (χ2n) is 7.22. The first-order chi connectivity index (χ1) is 16.2. The number of methoxy groups -OCH3 is 1. The van der Waals surface area contributed by atoms with Crippen molar-refractivity contribution in [2.45, 2.75) is 16.2 Å². The van der Waals surface area contributed by atoms with E-state index in [0.717, 1.165) is 0 Å². The molecule has 0 aromatic heterocycles. The number of nitrogens with two attached hydrogens (primary N) is 1. The van der Waals surface area contributed by atoms with E-state index < -0.39 is 37.9 Å². The minimum absolute atomic E-state index is 0.101. The van der Waals surface area contributed by atoms with E-state index in [4.69, 9.17) is 10.5 Å². The van der Waals surface area contributed by atoms with Crippen LogP contribution in [0, 0.1) is 11.8 Å². The second-order valence-corrected chi connectivity index (χ2v) is 9.40. The van der Waals surface area contributed by atoms with Crippen molar-refractivity contribution in [3.63, 3.8) is 0 Å². The highest BCUT2D eigenvalue weighted by atomic mass is 32.2. The number of carboxylic acids is 1. The van der Waals surface area contributed by atoms with Crippen LogP contribution in [0.4, 0.5) is 5.69 Å². The molecule has 4 N–H and O–H groups in total. The number of ether oxygens (including phenoxy) is 1. The summed E-state index contributed by atoms with van der Waals surface area (Å²) < 4.78 is 31.9. The molecule has 0 heterocycles. The average molecular weight is 479 g/mol. The van der Waals surface area contributed by atoms with Crippen molar-refractivity contribution in [1.82, 2.24) is 0 Å². The molecule has 0 aliphatic carbocycles. The zero-order valence-electron chi connectivity index (χ0n) is 18.2. The summed E-state index contributed by atoms with van der Waals surface area (Å²) in [6, 6.07) is 20.3. The Morgan fingerprint density at radius 3 is 2.24 bits per heavy atom. The molecule has 1 atom stereocenters. The van der Waals surface area contributed by atoms with Crippen molar-refractivity contribution in [1.29, 1.82) is 0 Å². The van der Waals surface area contributed by atoms with Crippen LogP contribution in [0.5, 0.6) is 5.75 Å². The molecule has 174 valence electrons. The van der Waals surface area contributed by atoms with Gasteiger partial charge in [0.05, 0.1) is 24.1 Å². The van der Waals surface area contributed by atoms with Crippen LogP contribution in [0.25, 0.3) is 0 Å². The molecule has 1 amide bonds. The van der Waals surface area contributed by atoms with Crippen molar-refractivity contribution in [2.24, 2.45) is 5.73 Å². The number of hydrogen-bond donors (Lipinski definition) is 3. The molecule has 3 rings (SSSR count). The van der Waals surface area contributed by atoms with Gasteiger partial charge < -0.3 is 20.9 Å². The summed E-state index contributed by atoms with van der Waals surface area (Å²) in [5, 5.41) is 12.3. The molecule has 3 aromatic carbocycles. The number of hydrogen-bond acceptors (Lipinski definition) is 6. The fourth-order valence-corrected chi connectivity index (χ4v) is 4.57. The minimum atomic E-state index is -4.68. The lowest BCUT2D eigenvalue weighted by molar-refractivity contribution is -0.139. The summed E-state index contributed by atoms with van der Waals surface area (Å²) in [7, 11) is -3.19. The third-order valence-corrected chi connectivity index (χ3v) is 7.19. The molecule has 3 aromatic rings. The number of aliphatic carboxylic acids is 1. The minimum Gasteiger partial charge on any atom is -0.497 e. The lowest BCUT2D eigenvalue weighted by Crippen LogP contribution is -2.54. The van der Waals surface area contributed by atoms with Gasteiger partial charge in [0.1, 0.15) is 5.75 Å². The van der Waals surface area contributed by atoms with Gasteiger partial charge in [-0.05, 0) is 48.5 Å². The number of amides is 1. The number of carbonyl (C=O) groups is 2. The third kappa shape index (κ3) is 5.09. The fraction of sp³-hybridized carbons (Fsp3) is 0.120. The first-order valence-electron chi connectivity index (χ1n) is 10.0. The van der Waals surface area contributed by atoms with Gasteiger partial charge in [0, 0.05) is 11.1 Å². The number of anilines is 1. The maximum atomic E-state index is 13.4. The Balaban J connectivity index is 1.94. The van der Waals surface area contributed by atoms with Gasteiger partial charge in [-0.3, -0.25) is 4.79 Å². The number of carbonyl (C=O) groups excluding carboxylic acids is 1. The van der Waals surface area contributed by atoms with Crippen LogP contribution in [-0.4, -0.2) is 37.4 Å². The van der Waals surface area contributed by atoms with E-state index in [0.29, 0.717) is 11.3 Å².